The molecule has 6 nitrogen and oxygen atoms in total. The van der Waals surface area contributed by atoms with Gasteiger partial charge in [-0.2, -0.15) is 0 Å². The third kappa shape index (κ3) is 3.64. The van der Waals surface area contributed by atoms with E-state index in [9.17, 15) is 9.90 Å². The summed E-state index contributed by atoms with van der Waals surface area (Å²) in [5.74, 6) is -1.19. The predicted octanol–water partition coefficient (Wildman–Crippen LogP) is 3.35. The topological polar surface area (TPSA) is 96.5 Å². The van der Waals surface area contributed by atoms with Crippen molar-refractivity contribution in [3.8, 4) is 22.9 Å². The predicted molar refractivity (Wildman–Crippen MR) is 93.3 cm³/mol. The van der Waals surface area contributed by atoms with E-state index in [0.29, 0.717) is 5.39 Å². The van der Waals surface area contributed by atoms with Gasteiger partial charge >= 0.3 is 5.63 Å². The molecule has 1 aromatic carbocycles. The van der Waals surface area contributed by atoms with Gasteiger partial charge in [-0.05, 0) is 36.4 Å². The molecule has 0 amide bonds. The average Bonchev–Trinajstić information content (AvgIpc) is 2.68. The van der Waals surface area contributed by atoms with Crippen molar-refractivity contribution < 1.29 is 14.6 Å². The summed E-state index contributed by atoms with van der Waals surface area (Å²) in [6.45, 7) is 0. The van der Waals surface area contributed by atoms with E-state index in [1.165, 1.54) is 6.07 Å². The molecule has 0 radical (unpaired) electrons. The van der Waals surface area contributed by atoms with Crippen LogP contribution in [-0.4, -0.2) is 20.2 Å². The van der Waals surface area contributed by atoms with E-state index in [2.05, 4.69) is 9.97 Å². The number of fused-ring (bicyclic) bond motifs is 1. The number of hydrogen-bond donors (Lipinski definition) is 2. The number of aromatic hydroxyl groups is 2. The van der Waals surface area contributed by atoms with Crippen LogP contribution in [0.2, 0.25) is 0 Å². The Labute approximate surface area is 142 Å². The summed E-state index contributed by atoms with van der Waals surface area (Å²) in [5.41, 5.74) is 1.15. The van der Waals surface area contributed by atoms with Crippen molar-refractivity contribution in [1.29, 1.82) is 0 Å². The van der Waals surface area contributed by atoms with Crippen molar-refractivity contribution in [2.24, 2.45) is 0 Å². The third-order valence-corrected chi connectivity index (χ3v) is 3.35. The molecule has 4 aromatic rings. The highest BCUT2D eigenvalue weighted by atomic mass is 16.4. The minimum atomic E-state index is -0.934. The zero-order valence-electron chi connectivity index (χ0n) is 13.0. The molecule has 124 valence electrons. The molecule has 0 bridgehead atoms. The van der Waals surface area contributed by atoms with Crippen LogP contribution in [0.25, 0.3) is 22.4 Å². The van der Waals surface area contributed by atoms with E-state index in [4.69, 9.17) is 9.52 Å². The fraction of sp³-hybridized carbons (Fsp3) is 0. The Morgan fingerprint density at radius 1 is 0.720 bits per heavy atom. The molecule has 0 saturated carbocycles. The summed E-state index contributed by atoms with van der Waals surface area (Å²) in [5, 5.41) is 18.7. The number of pyridine rings is 2. The fourth-order valence-corrected chi connectivity index (χ4v) is 2.15. The summed E-state index contributed by atoms with van der Waals surface area (Å²) >= 11 is 0. The summed E-state index contributed by atoms with van der Waals surface area (Å²) in [6, 6.07) is 18.0. The minimum absolute atomic E-state index is 0.253. The summed E-state index contributed by atoms with van der Waals surface area (Å²) < 4.78 is 4.71. The Bertz CT molecular complexity index is 994. The molecular formula is C19H14N2O4. The molecule has 4 rings (SSSR count). The van der Waals surface area contributed by atoms with Gasteiger partial charge in [-0.3, -0.25) is 9.97 Å². The second-order valence-corrected chi connectivity index (χ2v) is 5.01. The van der Waals surface area contributed by atoms with Crippen LogP contribution in [0, 0.1) is 0 Å². The van der Waals surface area contributed by atoms with Gasteiger partial charge in [0, 0.05) is 12.4 Å². The summed E-state index contributed by atoms with van der Waals surface area (Å²) in [4.78, 5) is 19.3. The lowest BCUT2D eigenvalue weighted by Gasteiger charge is -1.99. The molecule has 3 aromatic heterocycles. The van der Waals surface area contributed by atoms with E-state index in [1.807, 2.05) is 36.4 Å². The number of benzene rings is 1. The molecule has 0 saturated heterocycles. The highest BCUT2D eigenvalue weighted by Crippen LogP contribution is 2.29. The Balaban J connectivity index is 0.000000146. The quantitative estimate of drug-likeness (QED) is 0.518. The van der Waals surface area contributed by atoms with Crippen LogP contribution in [0.15, 0.2) is 82.3 Å². The first kappa shape index (κ1) is 16.2. The lowest BCUT2D eigenvalue weighted by Crippen LogP contribution is -1.97. The standard InChI is InChI=1S/C10H8N2.C9H6O4/c1-3-7-11-9(5-1)10-6-2-4-8-12-10;10-7-5-3-1-2-4-6(5)13-9(12)8(7)11/h1-8H;1-4,10-11H. The molecular weight excluding hydrogens is 320 g/mol. The van der Waals surface area contributed by atoms with Crippen LogP contribution in [0.3, 0.4) is 0 Å². The van der Waals surface area contributed by atoms with Crippen LogP contribution in [0.1, 0.15) is 0 Å². The number of para-hydroxylation sites is 1. The molecule has 0 aliphatic heterocycles. The number of rotatable bonds is 1. The highest BCUT2D eigenvalue weighted by molar-refractivity contribution is 5.84. The Hall–Kier alpha value is -3.67. The molecule has 3 heterocycles. The maximum Gasteiger partial charge on any atom is 0.382 e. The second kappa shape index (κ2) is 7.27. The number of aromatic nitrogens is 2. The van der Waals surface area contributed by atoms with E-state index in [-0.39, 0.29) is 5.58 Å². The summed E-state index contributed by atoms with van der Waals surface area (Å²) in [7, 11) is 0. The van der Waals surface area contributed by atoms with Gasteiger partial charge in [0.25, 0.3) is 0 Å². The zero-order valence-corrected chi connectivity index (χ0v) is 13.0. The smallest absolute Gasteiger partial charge is 0.382 e. The Morgan fingerprint density at radius 2 is 1.28 bits per heavy atom. The van der Waals surface area contributed by atoms with Gasteiger partial charge in [0.15, 0.2) is 5.75 Å². The van der Waals surface area contributed by atoms with Crippen molar-refractivity contribution in [2.45, 2.75) is 0 Å². The van der Waals surface area contributed by atoms with Crippen LogP contribution < -0.4 is 5.63 Å². The first-order chi connectivity index (χ1) is 12.2. The van der Waals surface area contributed by atoms with Crippen LogP contribution in [0.5, 0.6) is 11.5 Å². The maximum absolute atomic E-state index is 10.9. The van der Waals surface area contributed by atoms with Gasteiger partial charge in [-0.15, -0.1) is 0 Å². The molecule has 6 heteroatoms. The van der Waals surface area contributed by atoms with Crippen molar-refractivity contribution >= 4 is 11.0 Å². The third-order valence-electron chi connectivity index (χ3n) is 3.35. The van der Waals surface area contributed by atoms with Crippen molar-refractivity contribution in [3.05, 3.63) is 83.5 Å². The second-order valence-electron chi connectivity index (χ2n) is 5.01. The van der Waals surface area contributed by atoms with Crippen LogP contribution in [0.4, 0.5) is 0 Å². The van der Waals surface area contributed by atoms with Crippen molar-refractivity contribution in [1.82, 2.24) is 9.97 Å². The maximum atomic E-state index is 10.9. The van der Waals surface area contributed by atoms with Gasteiger partial charge < -0.3 is 14.6 Å². The van der Waals surface area contributed by atoms with E-state index in [1.54, 1.807) is 30.6 Å². The van der Waals surface area contributed by atoms with Gasteiger partial charge in [0.05, 0.1) is 16.8 Å². The fourth-order valence-electron chi connectivity index (χ4n) is 2.15. The molecule has 0 unspecified atom stereocenters. The highest BCUT2D eigenvalue weighted by Gasteiger charge is 2.10. The molecule has 2 N–H and O–H groups in total. The number of hydrogen-bond acceptors (Lipinski definition) is 6. The first-order valence-corrected chi connectivity index (χ1v) is 7.43. The van der Waals surface area contributed by atoms with E-state index in [0.717, 1.165) is 11.4 Å². The van der Waals surface area contributed by atoms with Gasteiger partial charge in [0.2, 0.25) is 5.75 Å². The number of nitrogens with zero attached hydrogens (tertiary/aromatic N) is 2. The van der Waals surface area contributed by atoms with E-state index >= 15 is 0 Å². The first-order valence-electron chi connectivity index (χ1n) is 7.43. The molecule has 0 atom stereocenters. The molecule has 0 aliphatic rings. The van der Waals surface area contributed by atoms with Crippen LogP contribution in [-0.2, 0) is 0 Å². The normalized spacial score (nSPS) is 10.1. The van der Waals surface area contributed by atoms with Gasteiger partial charge in [0.1, 0.15) is 5.58 Å². The van der Waals surface area contributed by atoms with Gasteiger partial charge in [-0.1, -0.05) is 24.3 Å². The zero-order chi connectivity index (χ0) is 17.6. The van der Waals surface area contributed by atoms with E-state index < -0.39 is 17.1 Å². The van der Waals surface area contributed by atoms with Crippen LogP contribution >= 0.6 is 0 Å². The van der Waals surface area contributed by atoms with Gasteiger partial charge in [-0.25, -0.2) is 4.79 Å². The SMILES string of the molecule is O=c1oc2ccccc2c(O)c1O.c1ccc(-c2ccccn2)nc1. The van der Waals surface area contributed by atoms with Crippen molar-refractivity contribution in [3.63, 3.8) is 0 Å². The largest absolute Gasteiger partial charge is 0.504 e. The lowest BCUT2D eigenvalue weighted by molar-refractivity contribution is 0.378. The molecule has 0 aliphatic carbocycles. The monoisotopic (exact) mass is 334 g/mol. The minimum Gasteiger partial charge on any atom is -0.504 e. The molecule has 0 fully saturated rings. The Morgan fingerprint density at radius 3 is 1.84 bits per heavy atom. The summed E-state index contributed by atoms with van der Waals surface area (Å²) in [6.07, 6.45) is 3.54. The molecule has 25 heavy (non-hydrogen) atoms. The average molecular weight is 334 g/mol. The van der Waals surface area contributed by atoms with Crippen molar-refractivity contribution in [2.75, 3.05) is 0 Å². The Kier molecular flexibility index (Phi) is 4.71. The molecule has 0 spiro atoms. The lowest BCUT2D eigenvalue weighted by atomic mass is 10.2.